The van der Waals surface area contributed by atoms with E-state index in [2.05, 4.69) is 10.1 Å². The topological polar surface area (TPSA) is 78.1 Å². The molecule has 0 aromatic carbocycles. The van der Waals surface area contributed by atoms with Crippen LogP contribution in [0.2, 0.25) is 0 Å². The van der Waals surface area contributed by atoms with Crippen LogP contribution >= 0.6 is 0 Å². The van der Waals surface area contributed by atoms with Crippen LogP contribution in [-0.4, -0.2) is 10.1 Å². The smallest absolute Gasteiger partial charge is 0.293 e. The fourth-order valence-electron chi connectivity index (χ4n) is 1.89. The predicted octanol–water partition coefficient (Wildman–Crippen LogP) is 1.98. The molecule has 84 valence electrons. The van der Waals surface area contributed by atoms with Gasteiger partial charge in [0.2, 0.25) is 0 Å². The number of nitrogens with two attached hydrogens (primary N) is 1. The Kier molecular flexibility index (Phi) is 1.91. The normalized spacial score (nSPS) is 18.4. The average molecular weight is 219 g/mol. The van der Waals surface area contributed by atoms with Gasteiger partial charge in [-0.3, -0.25) is 0 Å². The first-order valence-corrected chi connectivity index (χ1v) is 5.37. The number of nitrogens with zero attached hydrogens (tertiary/aromatic N) is 2. The summed E-state index contributed by atoms with van der Waals surface area (Å²) in [7, 11) is 0. The van der Waals surface area contributed by atoms with Gasteiger partial charge in [0.15, 0.2) is 11.6 Å². The van der Waals surface area contributed by atoms with Gasteiger partial charge < -0.3 is 14.7 Å². The van der Waals surface area contributed by atoms with Crippen molar-refractivity contribution in [3.8, 4) is 11.7 Å². The molecule has 2 heterocycles. The Morgan fingerprint density at radius 3 is 2.81 bits per heavy atom. The van der Waals surface area contributed by atoms with Crippen LogP contribution in [0.4, 0.5) is 0 Å². The summed E-state index contributed by atoms with van der Waals surface area (Å²) in [5.41, 5.74) is 6.71. The first kappa shape index (κ1) is 9.59. The van der Waals surface area contributed by atoms with Crippen LogP contribution in [0.1, 0.15) is 30.7 Å². The third-order valence-corrected chi connectivity index (χ3v) is 3.17. The Labute approximate surface area is 92.6 Å². The summed E-state index contributed by atoms with van der Waals surface area (Å²) in [5, 5.41) is 3.94. The van der Waals surface area contributed by atoms with Gasteiger partial charge in [0.05, 0.1) is 11.8 Å². The summed E-state index contributed by atoms with van der Waals surface area (Å²) in [6, 6.07) is 1.86. The second-order valence-corrected chi connectivity index (χ2v) is 4.37. The van der Waals surface area contributed by atoms with Crippen molar-refractivity contribution in [1.82, 2.24) is 10.1 Å². The molecule has 2 N–H and O–H groups in total. The van der Waals surface area contributed by atoms with Crippen LogP contribution < -0.4 is 5.73 Å². The van der Waals surface area contributed by atoms with Gasteiger partial charge >= 0.3 is 0 Å². The van der Waals surface area contributed by atoms with Crippen LogP contribution in [0.15, 0.2) is 21.3 Å². The molecule has 0 amide bonds. The molecule has 0 aliphatic heterocycles. The number of hydrogen-bond acceptors (Lipinski definition) is 5. The molecule has 3 rings (SSSR count). The van der Waals surface area contributed by atoms with Crippen LogP contribution in [0.25, 0.3) is 11.7 Å². The number of aromatic nitrogens is 2. The van der Waals surface area contributed by atoms with Gasteiger partial charge in [-0.2, -0.15) is 4.98 Å². The lowest BCUT2D eigenvalue weighted by atomic mass is 9.77. The second kappa shape index (κ2) is 3.18. The number of aryl methyl sites for hydroxylation is 1. The van der Waals surface area contributed by atoms with Gasteiger partial charge in [0.25, 0.3) is 5.89 Å². The molecular weight excluding hydrogens is 206 g/mol. The Balaban J connectivity index is 1.97. The van der Waals surface area contributed by atoms with Crippen LogP contribution in [0.3, 0.4) is 0 Å². The highest BCUT2D eigenvalue weighted by Crippen LogP contribution is 2.37. The van der Waals surface area contributed by atoms with Crippen molar-refractivity contribution in [3.63, 3.8) is 0 Å². The van der Waals surface area contributed by atoms with E-state index in [9.17, 15) is 0 Å². The maximum absolute atomic E-state index is 6.11. The van der Waals surface area contributed by atoms with E-state index in [1.54, 1.807) is 6.26 Å². The molecular formula is C11H13N3O2. The average Bonchev–Trinajstić information content (AvgIpc) is 2.82. The molecule has 2 aromatic rings. The zero-order valence-electron chi connectivity index (χ0n) is 9.06. The maximum atomic E-state index is 6.11. The Morgan fingerprint density at radius 2 is 2.25 bits per heavy atom. The molecule has 1 aliphatic rings. The number of furan rings is 1. The lowest BCUT2D eigenvalue weighted by molar-refractivity contribution is 0.229. The van der Waals surface area contributed by atoms with E-state index in [0.29, 0.717) is 17.5 Å². The lowest BCUT2D eigenvalue weighted by Gasteiger charge is -2.34. The highest BCUT2D eigenvalue weighted by Gasteiger charge is 2.39. The Hall–Kier alpha value is -1.62. The van der Waals surface area contributed by atoms with Crippen molar-refractivity contribution in [2.45, 2.75) is 31.7 Å². The number of hydrogen-bond donors (Lipinski definition) is 1. The molecule has 0 spiro atoms. The molecule has 1 aliphatic carbocycles. The SMILES string of the molecule is Cc1ccoc1-c1nc(C2(N)CCC2)no1. The minimum absolute atomic E-state index is 0.387. The van der Waals surface area contributed by atoms with E-state index in [4.69, 9.17) is 14.7 Å². The monoisotopic (exact) mass is 219 g/mol. The Morgan fingerprint density at radius 1 is 1.44 bits per heavy atom. The van der Waals surface area contributed by atoms with E-state index in [0.717, 1.165) is 24.8 Å². The zero-order chi connectivity index (χ0) is 11.2. The van der Waals surface area contributed by atoms with Gasteiger partial charge in [-0.25, -0.2) is 0 Å². The molecule has 16 heavy (non-hydrogen) atoms. The van der Waals surface area contributed by atoms with Crippen LogP contribution in [-0.2, 0) is 5.54 Å². The minimum atomic E-state index is -0.387. The summed E-state index contributed by atoms with van der Waals surface area (Å²) in [5.74, 6) is 1.63. The molecule has 0 atom stereocenters. The molecule has 0 unspecified atom stereocenters. The van der Waals surface area contributed by atoms with Crippen molar-refractivity contribution >= 4 is 0 Å². The van der Waals surface area contributed by atoms with Gasteiger partial charge in [0.1, 0.15) is 0 Å². The summed E-state index contributed by atoms with van der Waals surface area (Å²) in [4.78, 5) is 4.31. The van der Waals surface area contributed by atoms with E-state index in [1.807, 2.05) is 13.0 Å². The largest absolute Gasteiger partial charge is 0.459 e. The summed E-state index contributed by atoms with van der Waals surface area (Å²) >= 11 is 0. The fourth-order valence-corrected chi connectivity index (χ4v) is 1.89. The molecule has 0 bridgehead atoms. The van der Waals surface area contributed by atoms with Crippen molar-refractivity contribution in [2.24, 2.45) is 5.73 Å². The Bertz CT molecular complexity index is 511. The fraction of sp³-hybridized carbons (Fsp3) is 0.455. The number of rotatable bonds is 2. The van der Waals surface area contributed by atoms with Gasteiger partial charge in [-0.1, -0.05) is 5.16 Å². The molecule has 0 radical (unpaired) electrons. The molecule has 2 aromatic heterocycles. The standard InChI is InChI=1S/C11H13N3O2/c1-7-3-6-15-8(7)9-13-10(14-16-9)11(12)4-2-5-11/h3,6H,2,4-5,12H2,1H3. The first-order valence-electron chi connectivity index (χ1n) is 5.37. The van der Waals surface area contributed by atoms with Crippen molar-refractivity contribution in [1.29, 1.82) is 0 Å². The third kappa shape index (κ3) is 1.28. The lowest BCUT2D eigenvalue weighted by Crippen LogP contribution is -2.44. The minimum Gasteiger partial charge on any atom is -0.459 e. The van der Waals surface area contributed by atoms with Crippen molar-refractivity contribution < 1.29 is 8.94 Å². The summed E-state index contributed by atoms with van der Waals surface area (Å²) in [6.07, 6.45) is 4.57. The van der Waals surface area contributed by atoms with Crippen molar-refractivity contribution in [3.05, 3.63) is 23.7 Å². The third-order valence-electron chi connectivity index (χ3n) is 3.17. The van der Waals surface area contributed by atoms with E-state index < -0.39 is 0 Å². The highest BCUT2D eigenvalue weighted by atomic mass is 16.5. The predicted molar refractivity (Wildman–Crippen MR) is 56.5 cm³/mol. The van der Waals surface area contributed by atoms with E-state index in [-0.39, 0.29) is 5.54 Å². The zero-order valence-corrected chi connectivity index (χ0v) is 9.06. The van der Waals surface area contributed by atoms with Crippen molar-refractivity contribution in [2.75, 3.05) is 0 Å². The van der Waals surface area contributed by atoms with Gasteiger partial charge in [-0.15, -0.1) is 0 Å². The quantitative estimate of drug-likeness (QED) is 0.835. The van der Waals surface area contributed by atoms with E-state index >= 15 is 0 Å². The molecule has 1 fully saturated rings. The first-order chi connectivity index (χ1) is 7.69. The summed E-state index contributed by atoms with van der Waals surface area (Å²) < 4.78 is 10.5. The van der Waals surface area contributed by atoms with E-state index in [1.165, 1.54) is 0 Å². The second-order valence-electron chi connectivity index (χ2n) is 4.37. The highest BCUT2D eigenvalue weighted by molar-refractivity contribution is 5.49. The molecule has 1 saturated carbocycles. The van der Waals surface area contributed by atoms with Gasteiger partial charge in [-0.05, 0) is 32.3 Å². The molecule has 5 nitrogen and oxygen atoms in total. The van der Waals surface area contributed by atoms with Crippen LogP contribution in [0.5, 0.6) is 0 Å². The van der Waals surface area contributed by atoms with Crippen LogP contribution in [0, 0.1) is 6.92 Å². The van der Waals surface area contributed by atoms with Gasteiger partial charge in [0, 0.05) is 5.56 Å². The molecule has 0 saturated heterocycles. The summed E-state index contributed by atoms with van der Waals surface area (Å²) in [6.45, 7) is 1.93. The maximum Gasteiger partial charge on any atom is 0.293 e. The molecule has 5 heteroatoms.